The predicted molar refractivity (Wildman–Crippen MR) is 121 cm³/mol. The summed E-state index contributed by atoms with van der Waals surface area (Å²) in [7, 11) is -1.81. The van der Waals surface area contributed by atoms with Gasteiger partial charge >= 0.3 is 0 Å². The lowest BCUT2D eigenvalue weighted by molar-refractivity contribution is 0.319. The Bertz CT molecular complexity index is 1140. The van der Waals surface area contributed by atoms with Crippen molar-refractivity contribution in [3.05, 3.63) is 60.4 Å². The Morgan fingerprint density at radius 2 is 1.97 bits per heavy atom. The fourth-order valence-electron chi connectivity index (χ4n) is 4.03. The first-order valence-corrected chi connectivity index (χ1v) is 11.8. The Balaban J connectivity index is 1.46. The molecular weight excluding hydrogens is 400 g/mol. The fraction of sp³-hybridized carbons (Fsp3) is 0.318. The Labute approximate surface area is 177 Å². The van der Waals surface area contributed by atoms with Crippen LogP contribution in [0.2, 0.25) is 0 Å². The molecule has 0 saturated carbocycles. The number of hydrogen-bond donors (Lipinski definition) is 2. The molecule has 0 spiro atoms. The third-order valence-electron chi connectivity index (χ3n) is 5.30. The fourth-order valence-corrected chi connectivity index (χ4v) is 4.59. The Morgan fingerprint density at radius 1 is 1.17 bits per heavy atom. The molecule has 1 unspecified atom stereocenters. The van der Waals surface area contributed by atoms with Crippen molar-refractivity contribution in [3.63, 3.8) is 0 Å². The average molecular weight is 427 g/mol. The molecule has 7 nitrogen and oxygen atoms in total. The van der Waals surface area contributed by atoms with Crippen molar-refractivity contribution in [1.29, 1.82) is 0 Å². The number of nitrogens with zero attached hydrogens (tertiary/aromatic N) is 2. The second kappa shape index (κ2) is 8.49. The third kappa shape index (κ3) is 4.66. The molecule has 8 heteroatoms. The number of nitrogens with one attached hydrogen (secondary N) is 2. The van der Waals surface area contributed by atoms with Gasteiger partial charge in [0.15, 0.2) is 0 Å². The molecule has 1 fully saturated rings. The molecule has 0 radical (unpaired) electrons. The quantitative estimate of drug-likeness (QED) is 0.603. The van der Waals surface area contributed by atoms with Crippen LogP contribution in [-0.4, -0.2) is 50.8 Å². The van der Waals surface area contributed by atoms with E-state index in [1.54, 1.807) is 13.2 Å². The summed E-state index contributed by atoms with van der Waals surface area (Å²) in [4.78, 5) is 6.55. The highest BCUT2D eigenvalue weighted by Crippen LogP contribution is 2.31. The zero-order valence-corrected chi connectivity index (χ0v) is 17.9. The molecule has 2 N–H and O–H groups in total. The number of para-hydroxylation sites is 1. The van der Waals surface area contributed by atoms with E-state index in [-0.39, 0.29) is 0 Å². The van der Waals surface area contributed by atoms with Gasteiger partial charge in [-0.05, 0) is 24.6 Å². The van der Waals surface area contributed by atoms with Crippen LogP contribution in [0.3, 0.4) is 0 Å². The second-order valence-electron chi connectivity index (χ2n) is 7.64. The molecule has 1 atom stereocenters. The normalized spacial score (nSPS) is 17.2. The van der Waals surface area contributed by atoms with E-state index in [4.69, 9.17) is 4.74 Å². The molecule has 0 aliphatic carbocycles. The minimum Gasteiger partial charge on any atom is -0.494 e. The first-order valence-electron chi connectivity index (χ1n) is 9.88. The molecule has 1 aromatic heterocycles. The maximum Gasteiger partial charge on any atom is 0.229 e. The van der Waals surface area contributed by atoms with Crippen LogP contribution in [-0.2, 0) is 16.6 Å². The SMILES string of the molecule is COc1c(CN2CCC(Nc3cccc4cnccc34)C2)cccc1NS(C)(=O)=O. The topological polar surface area (TPSA) is 83.6 Å². The van der Waals surface area contributed by atoms with Crippen molar-refractivity contribution in [3.8, 4) is 5.75 Å². The molecule has 2 heterocycles. The molecule has 1 aliphatic heterocycles. The van der Waals surface area contributed by atoms with Crippen LogP contribution < -0.4 is 14.8 Å². The number of anilines is 2. The number of hydrogen-bond acceptors (Lipinski definition) is 6. The molecule has 1 saturated heterocycles. The van der Waals surface area contributed by atoms with E-state index in [1.807, 2.05) is 36.7 Å². The molecule has 30 heavy (non-hydrogen) atoms. The van der Waals surface area contributed by atoms with Gasteiger partial charge in [0.25, 0.3) is 0 Å². The molecule has 2 aromatic carbocycles. The number of aromatic nitrogens is 1. The number of benzene rings is 2. The molecule has 1 aliphatic rings. The summed E-state index contributed by atoms with van der Waals surface area (Å²) in [6.45, 7) is 2.55. The molecule has 3 aromatic rings. The Hall–Kier alpha value is -2.84. The van der Waals surface area contributed by atoms with Gasteiger partial charge < -0.3 is 10.1 Å². The van der Waals surface area contributed by atoms with Gasteiger partial charge in [-0.3, -0.25) is 14.6 Å². The first-order chi connectivity index (χ1) is 14.4. The summed E-state index contributed by atoms with van der Waals surface area (Å²) in [5, 5.41) is 5.97. The van der Waals surface area contributed by atoms with Gasteiger partial charge in [0.05, 0.1) is 19.1 Å². The molecular formula is C22H26N4O3S. The molecule has 0 amide bonds. The predicted octanol–water partition coefficient (Wildman–Crippen LogP) is 3.30. The number of rotatable bonds is 7. The van der Waals surface area contributed by atoms with Crippen molar-refractivity contribution in [2.75, 3.05) is 36.5 Å². The minimum atomic E-state index is -3.37. The minimum absolute atomic E-state index is 0.340. The summed E-state index contributed by atoms with van der Waals surface area (Å²) in [5.74, 6) is 0.570. The summed E-state index contributed by atoms with van der Waals surface area (Å²) in [5.41, 5.74) is 2.55. The van der Waals surface area contributed by atoms with Crippen molar-refractivity contribution in [2.45, 2.75) is 19.0 Å². The van der Waals surface area contributed by atoms with E-state index in [2.05, 4.69) is 32.1 Å². The van der Waals surface area contributed by atoms with Gasteiger partial charge in [0.1, 0.15) is 5.75 Å². The Morgan fingerprint density at radius 3 is 2.77 bits per heavy atom. The van der Waals surface area contributed by atoms with Crippen LogP contribution in [0.5, 0.6) is 5.75 Å². The van der Waals surface area contributed by atoms with Gasteiger partial charge in [0, 0.05) is 60.1 Å². The van der Waals surface area contributed by atoms with Crippen LogP contribution in [0.1, 0.15) is 12.0 Å². The van der Waals surface area contributed by atoms with Crippen molar-refractivity contribution in [1.82, 2.24) is 9.88 Å². The van der Waals surface area contributed by atoms with Crippen LogP contribution in [0.25, 0.3) is 10.8 Å². The van der Waals surface area contributed by atoms with Crippen LogP contribution >= 0.6 is 0 Å². The largest absolute Gasteiger partial charge is 0.494 e. The highest BCUT2D eigenvalue weighted by Gasteiger charge is 2.24. The second-order valence-corrected chi connectivity index (χ2v) is 9.39. The summed E-state index contributed by atoms with van der Waals surface area (Å²) in [6, 6.07) is 14.1. The van der Waals surface area contributed by atoms with Crippen molar-refractivity contribution in [2.24, 2.45) is 0 Å². The lowest BCUT2D eigenvalue weighted by atomic mass is 10.1. The smallest absolute Gasteiger partial charge is 0.229 e. The zero-order valence-electron chi connectivity index (χ0n) is 17.1. The van der Waals surface area contributed by atoms with Crippen LogP contribution in [0.4, 0.5) is 11.4 Å². The van der Waals surface area contributed by atoms with Crippen molar-refractivity contribution >= 4 is 32.2 Å². The number of ether oxygens (including phenoxy) is 1. The van der Waals surface area contributed by atoms with Crippen LogP contribution in [0, 0.1) is 0 Å². The van der Waals surface area contributed by atoms with Gasteiger partial charge in [-0.1, -0.05) is 24.3 Å². The summed E-state index contributed by atoms with van der Waals surface area (Å²) in [6.07, 6.45) is 5.87. The maximum atomic E-state index is 11.6. The van der Waals surface area contributed by atoms with E-state index < -0.39 is 10.0 Å². The number of sulfonamides is 1. The van der Waals surface area contributed by atoms with E-state index >= 15 is 0 Å². The lowest BCUT2D eigenvalue weighted by Crippen LogP contribution is -2.26. The van der Waals surface area contributed by atoms with Gasteiger partial charge in [-0.15, -0.1) is 0 Å². The summed E-state index contributed by atoms with van der Waals surface area (Å²) >= 11 is 0. The standard InChI is InChI=1S/C22H26N4O3S/c1-29-22-17(6-4-8-21(22)25-30(2,27)28)14-26-12-10-18(15-26)24-20-7-3-5-16-13-23-11-9-19(16)20/h3-9,11,13,18,24-25H,10,12,14-15H2,1-2H3. The number of fused-ring (bicyclic) bond motifs is 1. The highest BCUT2D eigenvalue weighted by molar-refractivity contribution is 7.92. The molecule has 4 rings (SSSR count). The van der Waals surface area contributed by atoms with Crippen LogP contribution in [0.15, 0.2) is 54.9 Å². The van der Waals surface area contributed by atoms with Crippen molar-refractivity contribution < 1.29 is 13.2 Å². The van der Waals surface area contributed by atoms with E-state index in [9.17, 15) is 8.42 Å². The lowest BCUT2D eigenvalue weighted by Gasteiger charge is -2.20. The monoisotopic (exact) mass is 426 g/mol. The number of likely N-dealkylation sites (tertiary alicyclic amines) is 1. The van der Waals surface area contributed by atoms with Gasteiger partial charge in [0.2, 0.25) is 10.0 Å². The molecule has 0 bridgehead atoms. The van der Waals surface area contributed by atoms with Gasteiger partial charge in [-0.2, -0.15) is 0 Å². The average Bonchev–Trinajstić information content (AvgIpc) is 3.14. The molecule has 158 valence electrons. The first kappa shape index (κ1) is 20.4. The maximum absolute atomic E-state index is 11.6. The van der Waals surface area contributed by atoms with E-state index in [1.165, 1.54) is 5.39 Å². The Kier molecular flexibility index (Phi) is 5.78. The summed E-state index contributed by atoms with van der Waals surface area (Å²) < 4.78 is 31.4. The highest BCUT2D eigenvalue weighted by atomic mass is 32.2. The zero-order chi connectivity index (χ0) is 21.1. The number of methoxy groups -OCH3 is 1. The van der Waals surface area contributed by atoms with E-state index in [0.717, 1.165) is 42.4 Å². The number of pyridine rings is 1. The van der Waals surface area contributed by atoms with Gasteiger partial charge in [-0.25, -0.2) is 8.42 Å². The van der Waals surface area contributed by atoms with E-state index in [0.29, 0.717) is 24.0 Å². The third-order valence-corrected chi connectivity index (χ3v) is 5.89.